The molecule has 12 heteroatoms. The number of carbonyl (C=O) groups is 2. The number of hydrogen-bond acceptors (Lipinski definition) is 4. The SMILES string of the molecule is O.O.O.[Cu+2].[NH-]NC(=O)c1ccncc1.[NH-]NC(=O)c1ccncc1. The number of rotatable bonds is 2. The van der Waals surface area contributed by atoms with Gasteiger partial charge in [-0.05, 0) is 24.3 Å². The molecule has 0 aromatic carbocycles. The molecular formula is C12H18CuN6O5. The molecule has 0 aliphatic rings. The number of nitrogens with one attached hydrogen (secondary N) is 4. The van der Waals surface area contributed by atoms with Crippen LogP contribution >= 0.6 is 0 Å². The molecule has 2 amide bonds. The Bertz CT molecular complexity index is 509. The van der Waals surface area contributed by atoms with Crippen LogP contribution in [-0.2, 0) is 17.1 Å². The van der Waals surface area contributed by atoms with E-state index in [2.05, 4.69) is 9.97 Å². The molecule has 0 spiro atoms. The van der Waals surface area contributed by atoms with Crippen molar-refractivity contribution in [2.24, 2.45) is 0 Å². The zero-order valence-electron chi connectivity index (χ0n) is 12.1. The van der Waals surface area contributed by atoms with Crippen LogP contribution in [0, 0.1) is 0 Å². The third kappa shape index (κ3) is 10.3. The summed E-state index contributed by atoms with van der Waals surface area (Å²) in [5, 5.41) is 0. The summed E-state index contributed by atoms with van der Waals surface area (Å²) >= 11 is 0. The number of pyridine rings is 2. The minimum absolute atomic E-state index is 0. The minimum Gasteiger partial charge on any atom is -0.584 e. The molecule has 0 atom stereocenters. The smallest absolute Gasteiger partial charge is 0.584 e. The van der Waals surface area contributed by atoms with Gasteiger partial charge in [-0.2, -0.15) is 0 Å². The number of amides is 2. The standard InChI is InChI=1S/2C6H7N3O.Cu.3H2O/c2*7-9-6(10)5-1-3-8-4-2-5;;;;/h2*1-4H,(H3,7,8,9,10);;3*1H2/q;;+2;;;/p-2. The van der Waals surface area contributed by atoms with Gasteiger partial charge in [0.1, 0.15) is 0 Å². The predicted molar refractivity (Wildman–Crippen MR) is 82.9 cm³/mol. The normalized spacial score (nSPS) is 7.42. The monoisotopic (exact) mass is 389 g/mol. The van der Waals surface area contributed by atoms with Crippen molar-refractivity contribution in [1.29, 1.82) is 0 Å². The van der Waals surface area contributed by atoms with Crippen molar-refractivity contribution in [2.45, 2.75) is 0 Å². The molecule has 0 unspecified atom stereocenters. The topological polar surface area (TPSA) is 226 Å². The average molecular weight is 390 g/mol. The van der Waals surface area contributed by atoms with Crippen LogP contribution in [-0.4, -0.2) is 38.2 Å². The van der Waals surface area contributed by atoms with Gasteiger partial charge in [-0.25, -0.2) is 0 Å². The summed E-state index contributed by atoms with van der Waals surface area (Å²) in [6, 6.07) is 6.18. The molecule has 137 valence electrons. The molecule has 0 aliphatic carbocycles. The summed E-state index contributed by atoms with van der Waals surface area (Å²) in [6.07, 6.45) is 6.02. The van der Waals surface area contributed by atoms with E-state index in [1.54, 1.807) is 35.1 Å². The van der Waals surface area contributed by atoms with Crippen LogP contribution < -0.4 is 10.9 Å². The van der Waals surface area contributed by atoms with Gasteiger partial charge in [0.15, 0.2) is 0 Å². The number of aromatic nitrogens is 2. The third-order valence-electron chi connectivity index (χ3n) is 2.11. The Kier molecular flexibility index (Phi) is 20.8. The summed E-state index contributed by atoms with van der Waals surface area (Å²) in [5.41, 5.74) is 4.43. The van der Waals surface area contributed by atoms with E-state index in [1.165, 1.54) is 24.8 Å². The molecule has 0 aliphatic heterocycles. The van der Waals surface area contributed by atoms with Crippen molar-refractivity contribution in [3.63, 3.8) is 0 Å². The largest absolute Gasteiger partial charge is 2.00 e. The van der Waals surface area contributed by atoms with Crippen LogP contribution in [0.5, 0.6) is 0 Å². The van der Waals surface area contributed by atoms with Crippen LogP contribution in [0.4, 0.5) is 0 Å². The fourth-order valence-corrected chi connectivity index (χ4v) is 1.15. The molecule has 0 fully saturated rings. The minimum atomic E-state index is -0.414. The average Bonchev–Trinajstić information content (AvgIpc) is 2.55. The Morgan fingerprint density at radius 1 is 0.708 bits per heavy atom. The van der Waals surface area contributed by atoms with E-state index >= 15 is 0 Å². The Morgan fingerprint density at radius 2 is 0.958 bits per heavy atom. The maximum Gasteiger partial charge on any atom is 2.00 e. The van der Waals surface area contributed by atoms with Gasteiger partial charge in [-0.1, -0.05) is 0 Å². The van der Waals surface area contributed by atoms with E-state index in [4.69, 9.17) is 11.7 Å². The number of carbonyl (C=O) groups excluding carboxylic acids is 2. The molecule has 2 heterocycles. The summed E-state index contributed by atoms with van der Waals surface area (Å²) in [7, 11) is 0. The Hall–Kier alpha value is -2.44. The van der Waals surface area contributed by atoms with Gasteiger partial charge in [0.05, 0.1) is 0 Å². The molecule has 10 N–H and O–H groups in total. The van der Waals surface area contributed by atoms with Gasteiger partial charge in [0.2, 0.25) is 11.8 Å². The molecule has 2 aromatic heterocycles. The first-order valence-corrected chi connectivity index (χ1v) is 5.43. The molecule has 2 aromatic rings. The van der Waals surface area contributed by atoms with Crippen molar-refractivity contribution >= 4 is 11.8 Å². The predicted octanol–water partition coefficient (Wildman–Crippen LogP) is -0.919. The molecule has 0 bridgehead atoms. The maximum atomic E-state index is 10.7. The van der Waals surface area contributed by atoms with Crippen molar-refractivity contribution in [1.82, 2.24) is 20.8 Å². The molecule has 2 rings (SSSR count). The van der Waals surface area contributed by atoms with E-state index in [0.29, 0.717) is 11.1 Å². The maximum absolute atomic E-state index is 10.7. The summed E-state index contributed by atoms with van der Waals surface area (Å²) in [6.45, 7) is 0. The van der Waals surface area contributed by atoms with Crippen molar-refractivity contribution < 1.29 is 43.1 Å². The quantitative estimate of drug-likeness (QED) is 0.490. The molecule has 24 heavy (non-hydrogen) atoms. The fourth-order valence-electron chi connectivity index (χ4n) is 1.15. The van der Waals surface area contributed by atoms with Crippen LogP contribution in [0.25, 0.3) is 11.7 Å². The van der Waals surface area contributed by atoms with Crippen LogP contribution in [0.2, 0.25) is 0 Å². The summed E-state index contributed by atoms with van der Waals surface area (Å²) < 4.78 is 0. The first kappa shape index (κ1) is 29.6. The van der Waals surface area contributed by atoms with Crippen molar-refractivity contribution in [2.75, 3.05) is 0 Å². The van der Waals surface area contributed by atoms with E-state index < -0.39 is 11.8 Å². The van der Waals surface area contributed by atoms with Crippen molar-refractivity contribution in [3.05, 3.63) is 71.9 Å². The van der Waals surface area contributed by atoms with Crippen LogP contribution in [0.15, 0.2) is 49.1 Å². The van der Waals surface area contributed by atoms with Crippen LogP contribution in [0.1, 0.15) is 20.7 Å². The molecule has 1 radical (unpaired) electrons. The summed E-state index contributed by atoms with van der Waals surface area (Å²) in [5.74, 6) is 12.2. The van der Waals surface area contributed by atoms with Gasteiger partial charge in [-0.15, -0.1) is 0 Å². The summed E-state index contributed by atoms with van der Waals surface area (Å²) in [4.78, 5) is 28.8. The van der Waals surface area contributed by atoms with Gasteiger partial charge in [0, 0.05) is 35.9 Å². The Labute approximate surface area is 148 Å². The second kappa shape index (κ2) is 16.9. The zero-order valence-corrected chi connectivity index (χ0v) is 13.1. The number of nitrogens with zero attached hydrogens (tertiary/aromatic N) is 2. The van der Waals surface area contributed by atoms with Gasteiger partial charge >= 0.3 is 17.1 Å². The molecule has 11 nitrogen and oxygen atoms in total. The molecule has 0 saturated heterocycles. The Balaban J connectivity index is -0.000000143. The van der Waals surface area contributed by atoms with Gasteiger partial charge in [0.25, 0.3) is 0 Å². The fraction of sp³-hybridized carbons (Fsp3) is 0. The van der Waals surface area contributed by atoms with Gasteiger partial charge < -0.3 is 39.0 Å². The second-order valence-electron chi connectivity index (χ2n) is 3.38. The first-order chi connectivity index (χ1) is 9.69. The van der Waals surface area contributed by atoms with Crippen molar-refractivity contribution in [3.8, 4) is 0 Å². The van der Waals surface area contributed by atoms with Gasteiger partial charge in [-0.3, -0.25) is 19.6 Å². The first-order valence-electron chi connectivity index (χ1n) is 5.43. The van der Waals surface area contributed by atoms with E-state index in [-0.39, 0.29) is 33.5 Å². The van der Waals surface area contributed by atoms with E-state index in [0.717, 1.165) is 0 Å². The third-order valence-corrected chi connectivity index (χ3v) is 2.11. The number of hydrogen-bond donors (Lipinski definition) is 2. The van der Waals surface area contributed by atoms with E-state index in [1.807, 2.05) is 0 Å². The zero-order chi connectivity index (χ0) is 14.8. The molecule has 0 saturated carbocycles. The second-order valence-corrected chi connectivity index (χ2v) is 3.38. The Morgan fingerprint density at radius 3 is 1.17 bits per heavy atom. The van der Waals surface area contributed by atoms with E-state index in [9.17, 15) is 9.59 Å². The molecular weight excluding hydrogens is 372 g/mol. The van der Waals surface area contributed by atoms with Crippen LogP contribution in [0.3, 0.4) is 0 Å².